The van der Waals surface area contributed by atoms with Crippen molar-refractivity contribution in [2.24, 2.45) is 0 Å². The predicted molar refractivity (Wildman–Crippen MR) is 216 cm³/mol. The molecule has 3 amide bonds. The summed E-state index contributed by atoms with van der Waals surface area (Å²) in [5, 5.41) is 10.3. The lowest BCUT2D eigenvalue weighted by molar-refractivity contribution is -0.116. The fourth-order valence-electron chi connectivity index (χ4n) is 8.34. The van der Waals surface area contributed by atoms with Crippen molar-refractivity contribution in [1.29, 1.82) is 0 Å². The van der Waals surface area contributed by atoms with Crippen molar-refractivity contribution in [3.63, 3.8) is 0 Å². The van der Waals surface area contributed by atoms with Crippen molar-refractivity contribution in [2.45, 2.75) is 69.6 Å². The van der Waals surface area contributed by atoms with E-state index in [9.17, 15) is 14.4 Å². The van der Waals surface area contributed by atoms with Crippen LogP contribution < -0.4 is 10.6 Å². The van der Waals surface area contributed by atoms with Crippen LogP contribution in [0.25, 0.3) is 21.5 Å². The van der Waals surface area contributed by atoms with Gasteiger partial charge in [-0.2, -0.15) is 0 Å². The minimum absolute atomic E-state index is 0.0402. The average Bonchev–Trinajstić information content (AvgIpc) is 3.82. The molecule has 0 bridgehead atoms. The number of anilines is 2. The molecule has 3 aromatic heterocycles. The van der Waals surface area contributed by atoms with Gasteiger partial charge in [0.25, 0.3) is 5.91 Å². The van der Waals surface area contributed by atoms with Gasteiger partial charge in [0, 0.05) is 42.8 Å². The third-order valence-corrected chi connectivity index (χ3v) is 11.5. The summed E-state index contributed by atoms with van der Waals surface area (Å²) in [5.74, 6) is 0.750. The maximum absolute atomic E-state index is 14.2. The zero-order valence-corrected chi connectivity index (χ0v) is 31.1. The Morgan fingerprint density at radius 2 is 1.11 bits per heavy atom. The van der Waals surface area contributed by atoms with E-state index in [0.29, 0.717) is 17.3 Å². The van der Waals surface area contributed by atoms with E-state index < -0.39 is 0 Å². The average molecular weight is 743 g/mol. The molecule has 2 fully saturated rings. The Morgan fingerprint density at radius 3 is 1.61 bits per heavy atom. The number of aromatic nitrogens is 5. The number of aryl methyl sites for hydroxylation is 1. The lowest BCUT2D eigenvalue weighted by Crippen LogP contribution is -2.57. The molecule has 56 heavy (non-hydrogen) atoms. The highest BCUT2D eigenvalue weighted by molar-refractivity contribution is 5.97. The second kappa shape index (κ2) is 14.9. The SMILES string of the molecule is Cc1cccnc1C(=O)N(C1CC(n2cnc(NC(=O)Cc3cccc4ccccc34)c2)C1)C1CC(n2cnc(NC(=O)Cc3cccc4ccccc34)c2)C1. The number of imidazole rings is 2. The molecule has 9 rings (SSSR count). The standard InChI is InChI=1S/C45H42N8O3/c1-29-9-8-18-46-44(29)45(56)53(36-21-34(22-36)51-25-40(47-27-51)49-42(54)19-32-14-6-12-30-10-2-4-16-38(30)32)37-23-35(24-37)52-26-41(48-28-52)50-43(55)20-33-15-7-13-31-11-3-5-17-39(31)33/h2-18,25-28,34-37H,19-24H2,1H3,(H,49,54)(H,50,55). The van der Waals surface area contributed by atoms with Gasteiger partial charge in [-0.15, -0.1) is 0 Å². The zero-order chi connectivity index (χ0) is 38.2. The van der Waals surface area contributed by atoms with Crippen molar-refractivity contribution in [3.8, 4) is 0 Å². The number of pyridine rings is 1. The predicted octanol–water partition coefficient (Wildman–Crippen LogP) is 7.70. The molecule has 3 heterocycles. The highest BCUT2D eigenvalue weighted by Gasteiger charge is 2.45. The normalized spacial score (nSPS) is 18.9. The molecule has 7 aromatic rings. The number of nitrogens with one attached hydrogen (secondary N) is 2. The van der Waals surface area contributed by atoms with Gasteiger partial charge in [-0.1, -0.05) is 91.0 Å². The highest BCUT2D eigenvalue weighted by Crippen LogP contribution is 2.44. The van der Waals surface area contributed by atoms with Crippen LogP contribution in [0.2, 0.25) is 0 Å². The van der Waals surface area contributed by atoms with Crippen LogP contribution in [0.3, 0.4) is 0 Å². The van der Waals surface area contributed by atoms with Gasteiger partial charge in [0.05, 0.1) is 25.5 Å². The van der Waals surface area contributed by atoms with Gasteiger partial charge in [-0.05, 0) is 76.9 Å². The van der Waals surface area contributed by atoms with Crippen molar-refractivity contribution < 1.29 is 14.4 Å². The molecule has 11 nitrogen and oxygen atoms in total. The molecule has 2 saturated carbocycles. The second-order valence-corrected chi connectivity index (χ2v) is 15.1. The maximum Gasteiger partial charge on any atom is 0.273 e. The topological polar surface area (TPSA) is 127 Å². The van der Waals surface area contributed by atoms with E-state index in [1.165, 1.54) is 0 Å². The highest BCUT2D eigenvalue weighted by atomic mass is 16.2. The van der Waals surface area contributed by atoms with Gasteiger partial charge < -0.3 is 24.7 Å². The van der Waals surface area contributed by atoms with Crippen molar-refractivity contribution in [3.05, 3.63) is 151 Å². The molecule has 11 heteroatoms. The van der Waals surface area contributed by atoms with Gasteiger partial charge in [0.2, 0.25) is 11.8 Å². The summed E-state index contributed by atoms with van der Waals surface area (Å²) in [4.78, 5) is 55.7. The molecule has 2 aliphatic carbocycles. The van der Waals surface area contributed by atoms with E-state index in [1.807, 2.05) is 126 Å². The molecule has 4 aromatic carbocycles. The number of amides is 3. The minimum Gasteiger partial charge on any atom is -0.332 e. The Labute approximate surface area is 324 Å². The van der Waals surface area contributed by atoms with Crippen LogP contribution in [0.5, 0.6) is 0 Å². The van der Waals surface area contributed by atoms with Gasteiger partial charge in [-0.3, -0.25) is 19.4 Å². The number of hydrogen-bond donors (Lipinski definition) is 2. The molecular weight excluding hydrogens is 701 g/mol. The Bertz CT molecular complexity index is 2420. The molecule has 2 N–H and O–H groups in total. The Balaban J connectivity index is 0.829. The summed E-state index contributed by atoms with van der Waals surface area (Å²) in [6.45, 7) is 1.93. The molecule has 0 radical (unpaired) electrons. The van der Waals surface area contributed by atoms with Crippen molar-refractivity contribution >= 4 is 50.9 Å². The van der Waals surface area contributed by atoms with Crippen LogP contribution in [0.4, 0.5) is 11.6 Å². The van der Waals surface area contributed by atoms with Gasteiger partial charge in [-0.25, -0.2) is 9.97 Å². The van der Waals surface area contributed by atoms with E-state index in [2.05, 4.69) is 30.5 Å². The fourth-order valence-corrected chi connectivity index (χ4v) is 8.34. The molecular formula is C45H42N8O3. The monoisotopic (exact) mass is 742 g/mol. The second-order valence-electron chi connectivity index (χ2n) is 15.1. The number of hydrogen-bond acceptors (Lipinski definition) is 6. The minimum atomic E-state index is -0.117. The van der Waals surface area contributed by atoms with Crippen LogP contribution in [0, 0.1) is 6.92 Å². The van der Waals surface area contributed by atoms with Crippen LogP contribution in [-0.4, -0.2) is 58.8 Å². The van der Waals surface area contributed by atoms with Crippen LogP contribution in [-0.2, 0) is 22.4 Å². The van der Waals surface area contributed by atoms with Crippen LogP contribution in [0.15, 0.2) is 128 Å². The van der Waals surface area contributed by atoms with Gasteiger partial charge >= 0.3 is 0 Å². The summed E-state index contributed by atoms with van der Waals surface area (Å²) in [6.07, 6.45) is 12.6. The van der Waals surface area contributed by atoms with Crippen molar-refractivity contribution in [1.82, 2.24) is 29.0 Å². The molecule has 2 aliphatic rings. The number of rotatable bonds is 11. The van der Waals surface area contributed by atoms with Crippen LogP contribution >= 0.6 is 0 Å². The Morgan fingerprint density at radius 1 is 0.625 bits per heavy atom. The van der Waals surface area contributed by atoms with E-state index in [-0.39, 0.29) is 54.7 Å². The molecule has 0 spiro atoms. The van der Waals surface area contributed by atoms with E-state index in [4.69, 9.17) is 0 Å². The first-order valence-corrected chi connectivity index (χ1v) is 19.2. The summed E-state index contributed by atoms with van der Waals surface area (Å²) in [7, 11) is 0. The summed E-state index contributed by atoms with van der Waals surface area (Å²) < 4.78 is 4.09. The first-order chi connectivity index (χ1) is 27.4. The van der Waals surface area contributed by atoms with Gasteiger partial charge in [0.15, 0.2) is 11.6 Å². The lowest BCUT2D eigenvalue weighted by atomic mass is 9.78. The summed E-state index contributed by atoms with van der Waals surface area (Å²) >= 11 is 0. The number of carbonyl (C=O) groups is 3. The molecule has 0 aliphatic heterocycles. The molecule has 0 atom stereocenters. The smallest absolute Gasteiger partial charge is 0.273 e. The van der Waals surface area contributed by atoms with Gasteiger partial charge in [0.1, 0.15) is 5.69 Å². The maximum atomic E-state index is 14.2. The third-order valence-electron chi connectivity index (χ3n) is 11.5. The number of nitrogens with zero attached hydrogens (tertiary/aromatic N) is 6. The molecule has 280 valence electrons. The fraction of sp³-hybridized carbons (Fsp3) is 0.244. The molecule has 0 unspecified atom stereocenters. The van der Waals surface area contributed by atoms with E-state index in [0.717, 1.165) is 63.9 Å². The number of fused-ring (bicyclic) bond motifs is 2. The summed E-state index contributed by atoms with van der Waals surface area (Å²) in [6, 6.07) is 32.3. The lowest BCUT2D eigenvalue weighted by Gasteiger charge is -2.51. The Kier molecular flexibility index (Phi) is 9.34. The Hall–Kier alpha value is -6.62. The quantitative estimate of drug-likeness (QED) is 0.140. The molecule has 0 saturated heterocycles. The zero-order valence-electron chi connectivity index (χ0n) is 31.1. The largest absolute Gasteiger partial charge is 0.332 e. The van der Waals surface area contributed by atoms with Crippen molar-refractivity contribution in [2.75, 3.05) is 10.6 Å². The number of benzene rings is 4. The van der Waals surface area contributed by atoms with Crippen LogP contribution in [0.1, 0.15) is 64.9 Å². The third kappa shape index (κ3) is 7.03. The van der Waals surface area contributed by atoms with E-state index >= 15 is 0 Å². The first kappa shape index (κ1) is 35.1. The van der Waals surface area contributed by atoms with E-state index in [1.54, 1.807) is 18.9 Å². The first-order valence-electron chi connectivity index (χ1n) is 19.2. The summed E-state index contributed by atoms with van der Waals surface area (Å²) in [5.41, 5.74) is 3.28. The number of carbonyl (C=O) groups excluding carboxylic acids is 3.